The highest BCUT2D eigenvalue weighted by molar-refractivity contribution is 7.99. The summed E-state index contributed by atoms with van der Waals surface area (Å²) in [6.45, 7) is 2.20. The Balaban J connectivity index is 1.55. The van der Waals surface area contributed by atoms with Gasteiger partial charge in [-0.3, -0.25) is 14.4 Å². The number of β-amino-alcohol motifs (C(OH)–C–C–N with tert-alkyl or cyclic N) is 1. The zero-order chi connectivity index (χ0) is 28.1. The predicted molar refractivity (Wildman–Crippen MR) is 141 cm³/mol. The first-order valence-corrected chi connectivity index (χ1v) is 14.5. The van der Waals surface area contributed by atoms with Crippen LogP contribution in [-0.2, 0) is 23.9 Å². The number of carbonyl (C=O) groups excluding carboxylic acids is 3. The fourth-order valence-electron chi connectivity index (χ4n) is 4.79. The van der Waals surface area contributed by atoms with Crippen LogP contribution in [0.5, 0.6) is 0 Å². The third-order valence-electron chi connectivity index (χ3n) is 6.79. The lowest BCUT2D eigenvalue weighted by Crippen LogP contribution is -2.63. The molecule has 2 heterocycles. The van der Waals surface area contributed by atoms with Gasteiger partial charge in [-0.05, 0) is 37.9 Å². The number of nitrogens with zero attached hydrogens (tertiary/aromatic N) is 1. The average Bonchev–Trinajstić information content (AvgIpc) is 3.25. The van der Waals surface area contributed by atoms with Crippen LogP contribution in [0.15, 0.2) is 0 Å². The maximum Gasteiger partial charge on any atom is 0.222 e. The molecule has 0 aromatic carbocycles. The highest BCUT2D eigenvalue weighted by Gasteiger charge is 2.44. The Hall–Kier alpha value is -1.48. The van der Waals surface area contributed by atoms with Gasteiger partial charge in [0.25, 0.3) is 0 Å². The Morgan fingerprint density at radius 2 is 1.79 bits per heavy atom. The third-order valence-corrected chi connectivity index (χ3v) is 8.05. The minimum absolute atomic E-state index is 0.0325. The maximum absolute atomic E-state index is 12.4. The van der Waals surface area contributed by atoms with Gasteiger partial charge in [0.15, 0.2) is 0 Å². The number of nitrogens with one attached hydrogen (secondary N) is 2. The van der Waals surface area contributed by atoms with Gasteiger partial charge >= 0.3 is 0 Å². The van der Waals surface area contributed by atoms with E-state index in [9.17, 15) is 34.8 Å². The van der Waals surface area contributed by atoms with E-state index in [1.165, 1.54) is 18.7 Å². The fraction of sp³-hybridized carbons (Fsp3) is 0.880. The molecule has 5 unspecified atom stereocenters. The quantitative estimate of drug-likeness (QED) is 0.129. The van der Waals surface area contributed by atoms with E-state index >= 15 is 0 Å². The van der Waals surface area contributed by atoms with Crippen molar-refractivity contribution in [2.75, 3.05) is 39.2 Å². The summed E-state index contributed by atoms with van der Waals surface area (Å²) in [5, 5.41) is 45.1. The van der Waals surface area contributed by atoms with Crippen molar-refractivity contribution in [3.63, 3.8) is 0 Å². The fourth-order valence-corrected chi connectivity index (χ4v) is 6.05. The van der Waals surface area contributed by atoms with Gasteiger partial charge in [0.2, 0.25) is 17.7 Å². The minimum atomic E-state index is -1.30. The smallest absolute Gasteiger partial charge is 0.222 e. The number of unbranched alkanes of at least 4 members (excludes halogenated alkanes) is 3. The van der Waals surface area contributed by atoms with E-state index in [0.29, 0.717) is 57.6 Å². The number of likely N-dealkylation sites (tertiary alicyclic amines) is 1. The Kier molecular flexibility index (Phi) is 14.9. The highest BCUT2D eigenvalue weighted by atomic mass is 32.2. The molecule has 12 nitrogen and oxygen atoms in total. The van der Waals surface area contributed by atoms with Crippen molar-refractivity contribution in [2.45, 2.75) is 100 Å². The van der Waals surface area contributed by atoms with Gasteiger partial charge in [0.1, 0.15) is 23.7 Å². The molecular weight excluding hydrogens is 518 g/mol. The zero-order valence-electron chi connectivity index (χ0n) is 22.4. The number of thioether (sulfide) groups is 1. The number of ether oxygens (including phenoxy) is 2. The summed E-state index contributed by atoms with van der Waals surface area (Å²) in [6.07, 6.45) is 1.05. The van der Waals surface area contributed by atoms with Crippen LogP contribution in [0.25, 0.3) is 0 Å². The molecule has 0 saturated carbocycles. The van der Waals surface area contributed by atoms with Gasteiger partial charge < -0.3 is 45.4 Å². The standard InChI is InChI=1S/C25H45N3O9S/c1-16(30)27-22-24(35)23(34)19(14-29)37-25(22)38-11-7-5-8-20(32)26-10-6-3-4-9-21(33)28-13-18(31)12-17(28)15-36-2/h17-19,22-25,29,31,34-35H,3-15H2,1-2H3,(H,26,32)(H,27,30)/t17-,18+,19?,22?,23?,24?,25?/m0/s1. The Morgan fingerprint density at radius 3 is 2.47 bits per heavy atom. The first-order chi connectivity index (χ1) is 18.2. The predicted octanol–water partition coefficient (Wildman–Crippen LogP) is -0.882. The van der Waals surface area contributed by atoms with Crippen molar-refractivity contribution in [3.8, 4) is 0 Å². The Labute approximate surface area is 228 Å². The summed E-state index contributed by atoms with van der Waals surface area (Å²) in [5.74, 6) is 0.249. The molecule has 13 heteroatoms. The summed E-state index contributed by atoms with van der Waals surface area (Å²) in [4.78, 5) is 37.8. The minimum Gasteiger partial charge on any atom is -0.394 e. The molecule has 2 aliphatic rings. The van der Waals surface area contributed by atoms with Crippen molar-refractivity contribution >= 4 is 29.5 Å². The van der Waals surface area contributed by atoms with E-state index in [0.717, 1.165) is 19.3 Å². The summed E-state index contributed by atoms with van der Waals surface area (Å²) in [7, 11) is 1.59. The molecule has 0 aromatic rings. The van der Waals surface area contributed by atoms with Crippen LogP contribution in [0.2, 0.25) is 0 Å². The summed E-state index contributed by atoms with van der Waals surface area (Å²) >= 11 is 1.36. The van der Waals surface area contributed by atoms with Crippen LogP contribution in [0.4, 0.5) is 0 Å². The molecule has 0 spiro atoms. The third kappa shape index (κ3) is 10.6. The number of hydrogen-bond acceptors (Lipinski definition) is 10. The van der Waals surface area contributed by atoms with Gasteiger partial charge in [-0.15, -0.1) is 11.8 Å². The van der Waals surface area contributed by atoms with Gasteiger partial charge in [0, 0.05) is 40.0 Å². The topological polar surface area (TPSA) is 178 Å². The van der Waals surface area contributed by atoms with Crippen molar-refractivity contribution < 1.29 is 44.3 Å². The summed E-state index contributed by atoms with van der Waals surface area (Å²) < 4.78 is 10.8. The molecule has 2 rings (SSSR count). The number of carbonyl (C=O) groups is 3. The van der Waals surface area contributed by atoms with Crippen molar-refractivity contribution in [1.29, 1.82) is 0 Å². The van der Waals surface area contributed by atoms with Gasteiger partial charge in [-0.25, -0.2) is 0 Å². The van der Waals surface area contributed by atoms with Crippen LogP contribution in [0.3, 0.4) is 0 Å². The van der Waals surface area contributed by atoms with E-state index < -0.39 is 42.5 Å². The summed E-state index contributed by atoms with van der Waals surface area (Å²) in [5.41, 5.74) is -0.628. The van der Waals surface area contributed by atoms with Crippen molar-refractivity contribution in [1.82, 2.24) is 15.5 Å². The molecule has 3 amide bonds. The van der Waals surface area contributed by atoms with E-state index in [-0.39, 0.29) is 23.8 Å². The molecule has 0 aliphatic carbocycles. The van der Waals surface area contributed by atoms with E-state index in [1.54, 1.807) is 12.0 Å². The number of hydrogen-bond donors (Lipinski definition) is 6. The second-order valence-corrected chi connectivity index (χ2v) is 11.2. The monoisotopic (exact) mass is 563 g/mol. The largest absolute Gasteiger partial charge is 0.394 e. The Bertz CT molecular complexity index is 747. The molecule has 7 atom stereocenters. The first kappa shape index (κ1) is 32.7. The molecule has 220 valence electrons. The molecule has 2 fully saturated rings. The average molecular weight is 564 g/mol. The molecule has 0 bridgehead atoms. The van der Waals surface area contributed by atoms with Crippen LogP contribution in [0, 0.1) is 0 Å². The molecule has 0 aromatic heterocycles. The van der Waals surface area contributed by atoms with Crippen molar-refractivity contribution in [3.05, 3.63) is 0 Å². The molecule has 38 heavy (non-hydrogen) atoms. The zero-order valence-corrected chi connectivity index (χ0v) is 23.2. The lowest BCUT2D eigenvalue weighted by Gasteiger charge is -2.42. The van der Waals surface area contributed by atoms with Gasteiger partial charge in [-0.2, -0.15) is 0 Å². The van der Waals surface area contributed by atoms with Crippen LogP contribution < -0.4 is 10.6 Å². The van der Waals surface area contributed by atoms with Gasteiger partial charge in [-0.1, -0.05) is 6.42 Å². The van der Waals surface area contributed by atoms with Gasteiger partial charge in [0.05, 0.1) is 31.4 Å². The highest BCUT2D eigenvalue weighted by Crippen LogP contribution is 2.29. The number of aliphatic hydroxyl groups excluding tert-OH is 4. The second kappa shape index (κ2) is 17.3. The van der Waals surface area contributed by atoms with E-state index in [1.807, 2.05) is 0 Å². The number of rotatable bonds is 16. The first-order valence-electron chi connectivity index (χ1n) is 13.4. The molecule has 2 saturated heterocycles. The van der Waals surface area contributed by atoms with E-state index in [4.69, 9.17) is 9.47 Å². The number of aliphatic hydroxyl groups is 4. The van der Waals surface area contributed by atoms with Crippen LogP contribution in [0.1, 0.15) is 58.3 Å². The summed E-state index contributed by atoms with van der Waals surface area (Å²) in [6, 6.07) is -0.867. The van der Waals surface area contributed by atoms with Crippen LogP contribution >= 0.6 is 11.8 Å². The lowest BCUT2D eigenvalue weighted by molar-refractivity contribution is -0.173. The van der Waals surface area contributed by atoms with Crippen molar-refractivity contribution in [2.24, 2.45) is 0 Å². The molecule has 6 N–H and O–H groups in total. The maximum atomic E-state index is 12.4. The van der Waals surface area contributed by atoms with E-state index in [2.05, 4.69) is 10.6 Å². The number of methoxy groups -OCH3 is 1. The SMILES string of the molecule is COC[C@@H]1C[C@@H](O)CN1C(=O)CCCCCNC(=O)CCCCSC1OC(CO)C(O)C(O)C1NC(C)=O. The normalized spacial score (nSPS) is 29.3. The van der Waals surface area contributed by atoms with Crippen LogP contribution in [-0.4, -0.2) is 124 Å². The molecule has 0 radical (unpaired) electrons. The number of amides is 3. The molecular formula is C25H45N3O9S. The molecule has 2 aliphatic heterocycles. The second-order valence-electron chi connectivity index (χ2n) is 9.97. The Morgan fingerprint density at radius 1 is 1.05 bits per heavy atom. The lowest BCUT2D eigenvalue weighted by atomic mass is 9.98.